The van der Waals surface area contributed by atoms with Gasteiger partial charge in [0.05, 0.1) is 29.9 Å². The lowest BCUT2D eigenvalue weighted by Crippen LogP contribution is -2.65. The van der Waals surface area contributed by atoms with Gasteiger partial charge in [-0.1, -0.05) is 42.5 Å². The SMILES string of the molecule is CCOC(=O)C1C(c2cccc([N+](=O)[O-])c2)C(C(=O)OC)=C(C)NC1(C)NCCc1ccccc1.Cl. The molecule has 0 saturated carbocycles. The van der Waals surface area contributed by atoms with E-state index in [4.69, 9.17) is 9.47 Å². The van der Waals surface area contributed by atoms with E-state index in [1.54, 1.807) is 26.0 Å². The number of carbonyl (C=O) groups excluding carboxylic acids is 2. The molecule has 1 aliphatic rings. The van der Waals surface area contributed by atoms with Crippen LogP contribution in [0.15, 0.2) is 65.9 Å². The highest BCUT2D eigenvalue weighted by atomic mass is 35.5. The van der Waals surface area contributed by atoms with Gasteiger partial charge in [0, 0.05) is 30.3 Å². The Morgan fingerprint density at radius 3 is 2.47 bits per heavy atom. The number of hydrogen-bond donors (Lipinski definition) is 2. The number of nitro benzene ring substituents is 1. The molecule has 3 unspecified atom stereocenters. The smallest absolute Gasteiger partial charge is 0.336 e. The van der Waals surface area contributed by atoms with Gasteiger partial charge in [0.1, 0.15) is 5.92 Å². The molecule has 9 nitrogen and oxygen atoms in total. The van der Waals surface area contributed by atoms with Crippen LogP contribution in [-0.4, -0.2) is 42.8 Å². The normalized spacial score (nSPS) is 21.1. The van der Waals surface area contributed by atoms with Gasteiger partial charge in [0.25, 0.3) is 5.69 Å². The molecule has 10 heteroatoms. The zero-order valence-electron chi connectivity index (χ0n) is 20.8. The summed E-state index contributed by atoms with van der Waals surface area (Å²) < 4.78 is 10.5. The topological polar surface area (TPSA) is 120 Å². The van der Waals surface area contributed by atoms with Gasteiger partial charge in [-0.25, -0.2) is 4.79 Å². The van der Waals surface area contributed by atoms with Gasteiger partial charge in [0.15, 0.2) is 0 Å². The highest BCUT2D eigenvalue weighted by Gasteiger charge is 2.52. The molecule has 0 radical (unpaired) electrons. The van der Waals surface area contributed by atoms with Gasteiger partial charge < -0.3 is 14.8 Å². The first-order valence-corrected chi connectivity index (χ1v) is 11.5. The quantitative estimate of drug-likeness (QED) is 0.292. The second-order valence-electron chi connectivity index (χ2n) is 8.58. The molecule has 0 amide bonds. The highest BCUT2D eigenvalue weighted by molar-refractivity contribution is 5.93. The van der Waals surface area contributed by atoms with Crippen LogP contribution in [0.5, 0.6) is 0 Å². The number of nitrogens with one attached hydrogen (secondary N) is 2. The maximum atomic E-state index is 13.4. The number of allylic oxidation sites excluding steroid dienone is 1. The summed E-state index contributed by atoms with van der Waals surface area (Å²) in [5.74, 6) is -2.90. The Kier molecular flexibility index (Phi) is 10.0. The average molecular weight is 518 g/mol. The summed E-state index contributed by atoms with van der Waals surface area (Å²) in [5.41, 5.74) is 1.18. The minimum atomic E-state index is -1.02. The van der Waals surface area contributed by atoms with Gasteiger partial charge in [0.2, 0.25) is 0 Å². The molecule has 3 atom stereocenters. The molecule has 0 saturated heterocycles. The van der Waals surface area contributed by atoms with Crippen molar-refractivity contribution in [3.63, 3.8) is 0 Å². The Morgan fingerprint density at radius 1 is 1.17 bits per heavy atom. The molecule has 2 aromatic rings. The first-order valence-electron chi connectivity index (χ1n) is 11.5. The monoisotopic (exact) mass is 517 g/mol. The molecule has 2 N–H and O–H groups in total. The van der Waals surface area contributed by atoms with Crippen LogP contribution >= 0.6 is 12.4 Å². The standard InChI is InChI=1S/C26H31N3O6.ClH/c1-5-35-25(31)23-22(19-12-9-13-20(16-19)29(32)33)21(24(30)34-4)17(2)28-26(23,3)27-15-14-18-10-7-6-8-11-18;/h6-13,16,22-23,27-28H,5,14-15H2,1-4H3;1H. The number of ether oxygens (including phenoxy) is 2. The van der Waals surface area contributed by atoms with E-state index >= 15 is 0 Å². The summed E-state index contributed by atoms with van der Waals surface area (Å²) in [6.45, 7) is 5.95. The van der Waals surface area contributed by atoms with Crippen molar-refractivity contribution < 1.29 is 24.0 Å². The highest BCUT2D eigenvalue weighted by Crippen LogP contribution is 2.44. The number of nitro groups is 1. The van der Waals surface area contributed by atoms with Crippen LogP contribution in [0.3, 0.4) is 0 Å². The maximum absolute atomic E-state index is 13.4. The van der Waals surface area contributed by atoms with Gasteiger partial charge in [-0.15, -0.1) is 12.4 Å². The number of benzene rings is 2. The van der Waals surface area contributed by atoms with Crippen LogP contribution in [-0.2, 0) is 25.5 Å². The molecule has 0 spiro atoms. The first kappa shape index (κ1) is 28.8. The number of carbonyl (C=O) groups is 2. The number of hydrogen-bond acceptors (Lipinski definition) is 8. The lowest BCUT2D eigenvalue weighted by Gasteiger charge is -2.47. The molecule has 194 valence electrons. The van der Waals surface area contributed by atoms with Crippen molar-refractivity contribution in [3.8, 4) is 0 Å². The number of methoxy groups -OCH3 is 1. The first-order chi connectivity index (χ1) is 16.7. The van der Waals surface area contributed by atoms with Crippen LogP contribution in [0, 0.1) is 16.0 Å². The van der Waals surface area contributed by atoms with E-state index in [9.17, 15) is 19.7 Å². The molecular weight excluding hydrogens is 486 g/mol. The fourth-order valence-corrected chi connectivity index (χ4v) is 4.72. The summed E-state index contributed by atoms with van der Waals surface area (Å²) >= 11 is 0. The number of nitrogens with zero attached hydrogens (tertiary/aromatic N) is 1. The Hall–Kier alpha value is -3.43. The predicted octanol–water partition coefficient (Wildman–Crippen LogP) is 3.88. The van der Waals surface area contributed by atoms with Gasteiger partial charge >= 0.3 is 11.9 Å². The lowest BCUT2D eigenvalue weighted by atomic mass is 9.70. The summed E-state index contributed by atoms with van der Waals surface area (Å²) in [5, 5.41) is 18.2. The Labute approximate surface area is 216 Å². The van der Waals surface area contributed by atoms with Crippen LogP contribution in [0.1, 0.15) is 37.8 Å². The predicted molar refractivity (Wildman–Crippen MR) is 138 cm³/mol. The number of non-ortho nitro benzene ring substituents is 1. The van der Waals surface area contributed by atoms with Crippen molar-refractivity contribution in [2.45, 2.75) is 38.8 Å². The Balaban J connectivity index is 0.00000456. The largest absolute Gasteiger partial charge is 0.466 e. The third kappa shape index (κ3) is 6.22. The lowest BCUT2D eigenvalue weighted by molar-refractivity contribution is -0.384. The van der Waals surface area contributed by atoms with Crippen LogP contribution in [0.4, 0.5) is 5.69 Å². The molecule has 1 aliphatic heterocycles. The Bertz CT molecular complexity index is 1120. The number of halogens is 1. The molecule has 2 aromatic carbocycles. The number of rotatable bonds is 9. The minimum Gasteiger partial charge on any atom is -0.466 e. The van der Waals surface area contributed by atoms with Crippen molar-refractivity contribution in [2.24, 2.45) is 5.92 Å². The summed E-state index contributed by atoms with van der Waals surface area (Å²) in [6.07, 6.45) is 0.710. The van der Waals surface area contributed by atoms with E-state index in [1.807, 2.05) is 37.3 Å². The van der Waals surface area contributed by atoms with Gasteiger partial charge in [-0.2, -0.15) is 0 Å². The van der Waals surface area contributed by atoms with Crippen LogP contribution in [0.2, 0.25) is 0 Å². The number of esters is 2. The molecular formula is C26H32ClN3O6. The summed E-state index contributed by atoms with van der Waals surface area (Å²) in [6, 6.07) is 15.9. The third-order valence-electron chi connectivity index (χ3n) is 6.25. The van der Waals surface area contributed by atoms with E-state index in [0.717, 1.165) is 5.56 Å². The van der Waals surface area contributed by atoms with Crippen molar-refractivity contribution in [2.75, 3.05) is 20.3 Å². The maximum Gasteiger partial charge on any atom is 0.336 e. The molecule has 0 bridgehead atoms. The van der Waals surface area contributed by atoms with Crippen molar-refractivity contribution in [1.29, 1.82) is 0 Å². The van der Waals surface area contributed by atoms with Crippen LogP contribution < -0.4 is 10.6 Å². The fourth-order valence-electron chi connectivity index (χ4n) is 4.72. The minimum absolute atomic E-state index is 0. The second-order valence-corrected chi connectivity index (χ2v) is 8.58. The second kappa shape index (κ2) is 12.5. The molecule has 36 heavy (non-hydrogen) atoms. The molecule has 0 aliphatic carbocycles. The zero-order valence-corrected chi connectivity index (χ0v) is 21.6. The van der Waals surface area contributed by atoms with Gasteiger partial charge in [-0.05, 0) is 38.3 Å². The molecule has 0 aromatic heterocycles. The van der Waals surface area contributed by atoms with Crippen LogP contribution in [0.25, 0.3) is 0 Å². The third-order valence-corrected chi connectivity index (χ3v) is 6.25. The van der Waals surface area contributed by atoms with E-state index in [1.165, 1.54) is 19.2 Å². The van der Waals surface area contributed by atoms with Crippen molar-refractivity contribution in [1.82, 2.24) is 10.6 Å². The average Bonchev–Trinajstić information content (AvgIpc) is 2.83. The summed E-state index contributed by atoms with van der Waals surface area (Å²) in [7, 11) is 1.26. The molecule has 0 fully saturated rings. The van der Waals surface area contributed by atoms with E-state index < -0.39 is 34.4 Å². The van der Waals surface area contributed by atoms with Gasteiger partial charge in [-0.3, -0.25) is 20.2 Å². The molecule has 1 heterocycles. The van der Waals surface area contributed by atoms with E-state index in [-0.39, 0.29) is 30.3 Å². The zero-order chi connectivity index (χ0) is 25.6. The Morgan fingerprint density at radius 2 is 1.86 bits per heavy atom. The summed E-state index contributed by atoms with van der Waals surface area (Å²) in [4.78, 5) is 37.3. The van der Waals surface area contributed by atoms with Crippen molar-refractivity contribution in [3.05, 3.63) is 87.1 Å². The molecule has 3 rings (SSSR count). The van der Waals surface area contributed by atoms with E-state index in [2.05, 4.69) is 10.6 Å². The van der Waals surface area contributed by atoms with Crippen molar-refractivity contribution >= 4 is 30.0 Å². The fraction of sp³-hybridized carbons (Fsp3) is 0.385. The van der Waals surface area contributed by atoms with E-state index in [0.29, 0.717) is 24.2 Å².